The fraction of sp³-hybridized carbons (Fsp3) is 0.478. The quantitative estimate of drug-likeness (QED) is 0.0172. The summed E-state index contributed by atoms with van der Waals surface area (Å²) in [5.41, 5.74) is 4.03. The number of hydrogen-bond donors (Lipinski definition) is 14. The largest absolute Gasteiger partial charge is 0.508 e. The molecular weight excluding hydrogens is 1280 g/mol. The van der Waals surface area contributed by atoms with Gasteiger partial charge in [-0.05, 0) is 104 Å². The Morgan fingerprint density at radius 1 is 0.576 bits per heavy atom. The van der Waals surface area contributed by atoms with Crippen LogP contribution >= 0.6 is 0 Å². The maximum absolute atomic E-state index is 14.4. The lowest BCUT2D eigenvalue weighted by atomic mass is 9.98. The van der Waals surface area contributed by atoms with Crippen LogP contribution in [0.15, 0.2) is 72.8 Å². The van der Waals surface area contributed by atoms with Gasteiger partial charge in [0.15, 0.2) is 11.7 Å². The molecule has 0 unspecified atom stereocenters. The fourth-order valence-electron chi connectivity index (χ4n) is 11.6. The molecular formula is C69H94N16O14. The highest BCUT2D eigenvalue weighted by atomic mass is 16.3. The third-order valence-corrected chi connectivity index (χ3v) is 17.1. The summed E-state index contributed by atoms with van der Waals surface area (Å²) < 4.78 is 1.56. The number of phenols is 4. The highest BCUT2D eigenvalue weighted by Gasteiger charge is 2.32. The molecule has 0 spiro atoms. The molecule has 1 aromatic heterocycles. The number of rotatable bonds is 31. The minimum absolute atomic E-state index is 0.00147. The molecule has 4 aromatic carbocycles. The van der Waals surface area contributed by atoms with E-state index >= 15 is 0 Å². The molecule has 2 atom stereocenters. The third kappa shape index (κ3) is 20.8. The molecule has 0 radical (unpaired) electrons. The summed E-state index contributed by atoms with van der Waals surface area (Å²) in [5.74, 6) is -5.70. The summed E-state index contributed by atoms with van der Waals surface area (Å²) in [4.78, 5) is 114. The van der Waals surface area contributed by atoms with Crippen molar-refractivity contribution in [2.75, 3.05) is 96.7 Å². The lowest BCUT2D eigenvalue weighted by molar-refractivity contribution is -0.139. The molecule has 30 heteroatoms. The molecule has 99 heavy (non-hydrogen) atoms. The Kier molecular flexibility index (Phi) is 28.2. The topological polar surface area (TPSA) is 425 Å². The van der Waals surface area contributed by atoms with Crippen molar-refractivity contribution in [2.24, 2.45) is 0 Å². The van der Waals surface area contributed by atoms with Crippen molar-refractivity contribution in [3.63, 3.8) is 0 Å². The van der Waals surface area contributed by atoms with E-state index in [1.165, 1.54) is 12.1 Å². The second kappa shape index (κ2) is 36.5. The molecule has 0 aliphatic carbocycles. The van der Waals surface area contributed by atoms with E-state index in [9.17, 15) is 63.9 Å². The number of aliphatic hydroxyl groups is 2. The summed E-state index contributed by atoms with van der Waals surface area (Å²) in [6.45, 7) is 15.1. The van der Waals surface area contributed by atoms with Gasteiger partial charge in [0.2, 0.25) is 41.3 Å². The first kappa shape index (κ1) is 76.3. The van der Waals surface area contributed by atoms with Crippen molar-refractivity contribution < 1.29 is 69.0 Å². The second-order valence-electron chi connectivity index (χ2n) is 25.0. The van der Waals surface area contributed by atoms with Gasteiger partial charge in [0.25, 0.3) is 11.8 Å². The van der Waals surface area contributed by atoms with Crippen LogP contribution in [-0.2, 0) is 46.7 Å². The van der Waals surface area contributed by atoms with Crippen LogP contribution in [0, 0.1) is 10.8 Å². The van der Waals surface area contributed by atoms with E-state index in [1.807, 2.05) is 64.1 Å². The van der Waals surface area contributed by atoms with E-state index in [0.717, 1.165) is 22.1 Å². The van der Waals surface area contributed by atoms with Crippen LogP contribution in [0.4, 0.5) is 5.69 Å². The van der Waals surface area contributed by atoms with E-state index in [4.69, 9.17) is 15.9 Å². The van der Waals surface area contributed by atoms with Gasteiger partial charge in [0.1, 0.15) is 40.9 Å². The van der Waals surface area contributed by atoms with Crippen LogP contribution in [0.5, 0.6) is 23.0 Å². The molecule has 30 nitrogen and oxygen atoms in total. The first-order valence-corrected chi connectivity index (χ1v) is 33.5. The Labute approximate surface area is 575 Å². The monoisotopic (exact) mass is 1370 g/mol. The molecule has 3 heterocycles. The van der Waals surface area contributed by atoms with E-state index in [1.54, 1.807) is 46.4 Å². The molecule has 5 aromatic rings. The van der Waals surface area contributed by atoms with Crippen molar-refractivity contribution in [3.05, 3.63) is 106 Å². The van der Waals surface area contributed by atoms with E-state index in [0.29, 0.717) is 107 Å². The van der Waals surface area contributed by atoms with Gasteiger partial charge in [-0.1, -0.05) is 52.0 Å². The molecule has 0 bridgehead atoms. The van der Waals surface area contributed by atoms with Crippen molar-refractivity contribution in [2.45, 2.75) is 123 Å². The van der Waals surface area contributed by atoms with E-state index in [2.05, 4.69) is 51.9 Å². The summed E-state index contributed by atoms with van der Waals surface area (Å²) in [5, 5.41) is 104. The number of amides is 8. The van der Waals surface area contributed by atoms with Crippen LogP contribution in [0.3, 0.4) is 0 Å². The number of phenolic OH excluding ortho intramolecular Hbond substituents is 4. The first-order valence-electron chi connectivity index (χ1n) is 33.5. The number of unbranched alkanes of at least 4 members (excludes halogenated alkanes) is 1. The zero-order chi connectivity index (χ0) is 72.0. The fourth-order valence-corrected chi connectivity index (χ4v) is 11.6. The zero-order valence-electron chi connectivity index (χ0n) is 57.0. The Balaban J connectivity index is 0.941. The third-order valence-electron chi connectivity index (χ3n) is 17.1. The molecule has 534 valence electrons. The number of piperazine rings is 2. The maximum atomic E-state index is 14.4. The maximum Gasteiger partial charge on any atom is 0.289 e. The highest BCUT2D eigenvalue weighted by molar-refractivity contribution is 6.48. The minimum Gasteiger partial charge on any atom is -0.508 e. The van der Waals surface area contributed by atoms with Gasteiger partial charge in [0, 0.05) is 141 Å². The summed E-state index contributed by atoms with van der Waals surface area (Å²) in [6.07, 6.45) is 0.429. The van der Waals surface area contributed by atoms with Gasteiger partial charge in [-0.2, -0.15) is 0 Å². The Morgan fingerprint density at radius 2 is 1.14 bits per heavy atom. The smallest absolute Gasteiger partial charge is 0.289 e. The number of aromatic nitrogens is 3. The van der Waals surface area contributed by atoms with Crippen LogP contribution in [0.1, 0.15) is 137 Å². The summed E-state index contributed by atoms with van der Waals surface area (Å²) >= 11 is 0. The predicted molar refractivity (Wildman–Crippen MR) is 368 cm³/mol. The molecule has 14 N–H and O–H groups in total. The van der Waals surface area contributed by atoms with E-state index in [-0.39, 0.29) is 127 Å². The number of carbonyl (C=O) groups excluding carboxylic acids is 8. The Morgan fingerprint density at radius 3 is 1.73 bits per heavy atom. The normalized spacial score (nSPS) is 14.1. The summed E-state index contributed by atoms with van der Waals surface area (Å²) in [6, 6.07) is 17.7. The zero-order valence-corrected chi connectivity index (χ0v) is 57.0. The van der Waals surface area contributed by atoms with Crippen molar-refractivity contribution in [1.82, 2.24) is 66.3 Å². The lowest BCUT2D eigenvalue weighted by Gasteiger charge is -2.36. The number of aromatic hydroxyl groups is 4. The minimum atomic E-state index is -1.25. The van der Waals surface area contributed by atoms with Gasteiger partial charge >= 0.3 is 0 Å². The van der Waals surface area contributed by atoms with Crippen molar-refractivity contribution in [1.29, 1.82) is 10.8 Å². The van der Waals surface area contributed by atoms with Gasteiger partial charge in [-0.3, -0.25) is 68.4 Å². The number of aliphatic hydroxyl groups excluding tert-OH is 2. The number of benzene rings is 4. The molecule has 0 saturated carbocycles. The van der Waals surface area contributed by atoms with Gasteiger partial charge < -0.3 is 72.3 Å². The Bertz CT molecular complexity index is 3680. The standard InChI is InChI=1S/C69H94N16O14/c1-7-72-67(97)63(71)84(62(70)50-35-48(42(3)4)54(88)37-56(50)90)46-16-12-44(13-17-46)39-80-26-30-82(31-27-80)61(95)21-20-59(93)76-52(11-9-10-24-74-58(92)22-25-75-66(96)53(41-87)77-60(94)23-34-86)69(99)83-32-28-81(29-33-83)40-45-14-18-47(19-15-45)85-64(78-79-65(85)68(98)73-8-2)51-36-49(43(5)6)55(89)38-57(51)91/h12-19,35-38,42-43,52-53,70-71,86-91H,7-11,20-34,39-41H2,1-6H3,(H,72,97)(H,73,98)(H,74,92)(H,75,96)(H,76,93)(H,77,94)/t52-,53+/m0/s1. The van der Waals surface area contributed by atoms with Gasteiger partial charge in [-0.25, -0.2) is 0 Å². The number of nitrogens with zero attached hydrogens (tertiary/aromatic N) is 8. The summed E-state index contributed by atoms with van der Waals surface area (Å²) in [7, 11) is 0. The van der Waals surface area contributed by atoms with E-state index < -0.39 is 66.4 Å². The number of likely N-dealkylation sites (N-methyl/N-ethyl adjacent to an activating group) is 1. The second-order valence-corrected chi connectivity index (χ2v) is 25.0. The highest BCUT2D eigenvalue weighted by Crippen LogP contribution is 2.39. The molecule has 2 aliphatic heterocycles. The molecule has 2 saturated heterocycles. The van der Waals surface area contributed by atoms with Crippen LogP contribution < -0.4 is 36.8 Å². The van der Waals surface area contributed by atoms with Crippen LogP contribution in [0.2, 0.25) is 0 Å². The molecule has 7 rings (SSSR count). The average Bonchev–Trinajstić information content (AvgIpc) is 1.74. The van der Waals surface area contributed by atoms with Gasteiger partial charge in [0.05, 0.1) is 24.3 Å². The number of nitrogens with one attached hydrogen (secondary N) is 8. The number of carbonyl (C=O) groups is 8. The van der Waals surface area contributed by atoms with Crippen LogP contribution in [-0.4, -0.2) is 228 Å². The number of anilines is 1. The van der Waals surface area contributed by atoms with Crippen LogP contribution in [0.25, 0.3) is 17.1 Å². The molecule has 2 fully saturated rings. The number of hydrogen-bond acceptors (Lipinski definition) is 20. The SMILES string of the molecule is CCNC(=O)C(=N)N(C(=N)c1cc(C(C)C)c(O)cc1O)c1ccc(CN2CCN(C(=O)CCC(=O)N[C@@H](CCCCNC(=O)CCNC(=O)[C@@H](CO)NC(=O)CCO)C(=O)N3CCN(Cc4ccc(-n5c(C(=O)NCC)nnc5-c5cc(C(C)C)c(O)cc5O)cc4)CC3)CC2)cc1. The van der Waals surface area contributed by atoms with Crippen molar-refractivity contribution >= 4 is 64.6 Å². The average molecular weight is 1370 g/mol. The number of amidine groups is 2. The molecule has 2 aliphatic rings. The van der Waals surface area contributed by atoms with Gasteiger partial charge in [-0.15, -0.1) is 10.2 Å². The Hall–Kier alpha value is -10.0. The predicted octanol–water partition coefficient (Wildman–Crippen LogP) is 2.60. The first-order chi connectivity index (χ1) is 47.4. The van der Waals surface area contributed by atoms with Crippen molar-refractivity contribution in [3.8, 4) is 40.1 Å². The lowest BCUT2D eigenvalue weighted by Crippen LogP contribution is -2.54. The molecule has 8 amide bonds.